The second-order valence-corrected chi connectivity index (χ2v) is 6.72. The number of aromatic nitrogens is 1. The molecule has 3 heteroatoms. The van der Waals surface area contributed by atoms with Crippen LogP contribution in [0.15, 0.2) is 18.2 Å². The standard InChI is InChI=1S/C17H29N3/c1-13(2)17(14(3)4)15-7-6-8-16(18-15)20-11-9-19(5)10-12-20/h6-8,13-14,17H,9-12H2,1-5H3. The summed E-state index contributed by atoms with van der Waals surface area (Å²) in [4.78, 5) is 9.77. The van der Waals surface area contributed by atoms with Crippen molar-refractivity contribution in [2.45, 2.75) is 33.6 Å². The Morgan fingerprint density at radius 3 is 2.10 bits per heavy atom. The summed E-state index contributed by atoms with van der Waals surface area (Å²) in [5, 5.41) is 0. The van der Waals surface area contributed by atoms with E-state index in [1.165, 1.54) is 5.69 Å². The Kier molecular flexibility index (Phi) is 5.03. The van der Waals surface area contributed by atoms with Gasteiger partial charge in [-0.1, -0.05) is 33.8 Å². The molecule has 0 bridgehead atoms. The molecule has 2 heterocycles. The van der Waals surface area contributed by atoms with Gasteiger partial charge in [-0.3, -0.25) is 0 Å². The second-order valence-electron chi connectivity index (χ2n) is 6.72. The molecule has 0 aromatic carbocycles. The summed E-state index contributed by atoms with van der Waals surface area (Å²) in [6.07, 6.45) is 0. The molecule has 1 aromatic rings. The highest BCUT2D eigenvalue weighted by Gasteiger charge is 2.22. The summed E-state index contributed by atoms with van der Waals surface area (Å²) in [7, 11) is 2.19. The maximum atomic E-state index is 4.97. The maximum absolute atomic E-state index is 4.97. The number of pyridine rings is 1. The van der Waals surface area contributed by atoms with Crippen molar-refractivity contribution in [3.8, 4) is 0 Å². The van der Waals surface area contributed by atoms with Gasteiger partial charge in [0.25, 0.3) is 0 Å². The third-order valence-electron chi connectivity index (χ3n) is 4.36. The molecule has 0 aliphatic carbocycles. The highest BCUT2D eigenvalue weighted by atomic mass is 15.3. The molecule has 1 aromatic heterocycles. The monoisotopic (exact) mass is 275 g/mol. The molecule has 0 saturated carbocycles. The van der Waals surface area contributed by atoms with Gasteiger partial charge < -0.3 is 9.80 Å². The minimum atomic E-state index is 0.544. The SMILES string of the molecule is CC(C)C(c1cccc(N2CCN(C)CC2)n1)C(C)C. The molecule has 1 aliphatic rings. The second kappa shape index (κ2) is 6.57. The van der Waals surface area contributed by atoms with E-state index in [1.54, 1.807) is 0 Å². The van der Waals surface area contributed by atoms with E-state index in [9.17, 15) is 0 Å². The van der Waals surface area contributed by atoms with Crippen LogP contribution in [0.1, 0.15) is 39.3 Å². The quantitative estimate of drug-likeness (QED) is 0.841. The first-order valence-electron chi connectivity index (χ1n) is 7.89. The molecule has 0 atom stereocenters. The molecule has 0 amide bonds. The summed E-state index contributed by atoms with van der Waals surface area (Å²) in [6.45, 7) is 13.6. The zero-order chi connectivity index (χ0) is 14.7. The Hall–Kier alpha value is -1.09. The van der Waals surface area contributed by atoms with Crippen LogP contribution in [0.4, 0.5) is 5.82 Å². The lowest BCUT2D eigenvalue weighted by atomic mass is 9.83. The lowest BCUT2D eigenvalue weighted by molar-refractivity contribution is 0.311. The summed E-state index contributed by atoms with van der Waals surface area (Å²) >= 11 is 0. The molecular formula is C17H29N3. The number of rotatable bonds is 4. The number of hydrogen-bond acceptors (Lipinski definition) is 3. The van der Waals surface area contributed by atoms with Gasteiger partial charge in [0, 0.05) is 37.8 Å². The zero-order valence-electron chi connectivity index (χ0n) is 13.6. The average molecular weight is 275 g/mol. The van der Waals surface area contributed by atoms with Crippen molar-refractivity contribution in [1.29, 1.82) is 0 Å². The minimum absolute atomic E-state index is 0.544. The van der Waals surface area contributed by atoms with Gasteiger partial charge in [0.2, 0.25) is 0 Å². The van der Waals surface area contributed by atoms with Crippen LogP contribution in [0.5, 0.6) is 0 Å². The highest BCUT2D eigenvalue weighted by Crippen LogP contribution is 2.31. The average Bonchev–Trinajstić information content (AvgIpc) is 2.39. The lowest BCUT2D eigenvalue weighted by Gasteiger charge is -2.34. The van der Waals surface area contributed by atoms with Crippen LogP contribution in [0.3, 0.4) is 0 Å². The van der Waals surface area contributed by atoms with Crippen LogP contribution in [-0.4, -0.2) is 43.1 Å². The number of likely N-dealkylation sites (N-methyl/N-ethyl adjacent to an activating group) is 1. The Morgan fingerprint density at radius 2 is 1.55 bits per heavy atom. The highest BCUT2D eigenvalue weighted by molar-refractivity contribution is 5.40. The first-order chi connectivity index (χ1) is 9.49. The zero-order valence-corrected chi connectivity index (χ0v) is 13.6. The van der Waals surface area contributed by atoms with Gasteiger partial charge in [-0.15, -0.1) is 0 Å². The van der Waals surface area contributed by atoms with Crippen LogP contribution in [-0.2, 0) is 0 Å². The summed E-state index contributed by atoms with van der Waals surface area (Å²) in [5.41, 5.74) is 1.26. The van der Waals surface area contributed by atoms with Gasteiger partial charge in [0.05, 0.1) is 0 Å². The largest absolute Gasteiger partial charge is 0.354 e. The molecule has 0 unspecified atom stereocenters. The van der Waals surface area contributed by atoms with Crippen molar-refractivity contribution in [3.63, 3.8) is 0 Å². The van der Waals surface area contributed by atoms with E-state index in [1.807, 2.05) is 0 Å². The third-order valence-corrected chi connectivity index (χ3v) is 4.36. The number of nitrogens with zero attached hydrogens (tertiary/aromatic N) is 3. The molecule has 0 spiro atoms. The maximum Gasteiger partial charge on any atom is 0.128 e. The van der Waals surface area contributed by atoms with E-state index < -0.39 is 0 Å². The van der Waals surface area contributed by atoms with Gasteiger partial charge in [0.1, 0.15) is 5.82 Å². The van der Waals surface area contributed by atoms with E-state index in [0.717, 1.165) is 32.0 Å². The molecule has 2 rings (SSSR count). The van der Waals surface area contributed by atoms with E-state index in [-0.39, 0.29) is 0 Å². The fourth-order valence-electron chi connectivity index (χ4n) is 3.29. The Labute approximate surface area is 124 Å². The predicted molar refractivity (Wildman–Crippen MR) is 86.4 cm³/mol. The third kappa shape index (κ3) is 3.51. The number of anilines is 1. The molecular weight excluding hydrogens is 246 g/mol. The molecule has 0 N–H and O–H groups in total. The fraction of sp³-hybridized carbons (Fsp3) is 0.706. The smallest absolute Gasteiger partial charge is 0.128 e. The fourth-order valence-corrected chi connectivity index (χ4v) is 3.29. The molecule has 1 saturated heterocycles. The van der Waals surface area contributed by atoms with E-state index in [4.69, 9.17) is 4.98 Å². The molecule has 20 heavy (non-hydrogen) atoms. The molecule has 112 valence electrons. The summed E-state index contributed by atoms with van der Waals surface area (Å²) < 4.78 is 0. The van der Waals surface area contributed by atoms with Crippen molar-refractivity contribution in [2.24, 2.45) is 11.8 Å². The molecule has 1 fully saturated rings. The first-order valence-corrected chi connectivity index (χ1v) is 7.89. The van der Waals surface area contributed by atoms with Crippen LogP contribution >= 0.6 is 0 Å². The lowest BCUT2D eigenvalue weighted by Crippen LogP contribution is -2.44. The van der Waals surface area contributed by atoms with Crippen molar-refractivity contribution in [2.75, 3.05) is 38.1 Å². The first kappa shape index (κ1) is 15.3. The van der Waals surface area contributed by atoms with Gasteiger partial charge >= 0.3 is 0 Å². The Morgan fingerprint density at radius 1 is 0.950 bits per heavy atom. The molecule has 3 nitrogen and oxygen atoms in total. The Bertz CT molecular complexity index is 412. The Balaban J connectivity index is 2.19. The van der Waals surface area contributed by atoms with Crippen molar-refractivity contribution < 1.29 is 0 Å². The van der Waals surface area contributed by atoms with Gasteiger partial charge in [-0.2, -0.15) is 0 Å². The van der Waals surface area contributed by atoms with Crippen LogP contribution in [0, 0.1) is 11.8 Å². The van der Waals surface area contributed by atoms with Gasteiger partial charge in [-0.25, -0.2) is 4.98 Å². The summed E-state index contributed by atoms with van der Waals surface area (Å²) in [5.74, 6) is 2.96. The van der Waals surface area contributed by atoms with E-state index in [2.05, 4.69) is 62.7 Å². The summed E-state index contributed by atoms with van der Waals surface area (Å²) in [6, 6.07) is 6.53. The van der Waals surface area contributed by atoms with E-state index in [0.29, 0.717) is 17.8 Å². The van der Waals surface area contributed by atoms with E-state index >= 15 is 0 Å². The molecule has 1 aliphatic heterocycles. The van der Waals surface area contributed by atoms with Crippen LogP contribution in [0.25, 0.3) is 0 Å². The number of piperazine rings is 1. The topological polar surface area (TPSA) is 19.4 Å². The normalized spacial score (nSPS) is 17.5. The van der Waals surface area contributed by atoms with Crippen molar-refractivity contribution >= 4 is 5.82 Å². The van der Waals surface area contributed by atoms with Crippen molar-refractivity contribution in [3.05, 3.63) is 23.9 Å². The van der Waals surface area contributed by atoms with Gasteiger partial charge in [-0.05, 0) is 31.0 Å². The van der Waals surface area contributed by atoms with Crippen LogP contribution < -0.4 is 4.90 Å². The van der Waals surface area contributed by atoms with Gasteiger partial charge in [0.15, 0.2) is 0 Å². The van der Waals surface area contributed by atoms with Crippen molar-refractivity contribution in [1.82, 2.24) is 9.88 Å². The number of hydrogen-bond donors (Lipinski definition) is 0. The molecule has 0 radical (unpaired) electrons. The minimum Gasteiger partial charge on any atom is -0.354 e. The predicted octanol–water partition coefficient (Wildman–Crippen LogP) is 3.23. The van der Waals surface area contributed by atoms with Crippen LogP contribution in [0.2, 0.25) is 0 Å².